The Hall–Kier alpha value is -1.29. The van der Waals surface area contributed by atoms with Gasteiger partial charge in [-0.25, -0.2) is 4.39 Å². The molecule has 0 saturated heterocycles. The molecule has 0 aromatic heterocycles. The molecule has 2 rings (SSSR count). The zero-order valence-corrected chi connectivity index (χ0v) is 11.4. The monoisotopic (exact) mass is 299 g/mol. The van der Waals surface area contributed by atoms with Crippen LogP contribution >= 0.6 is 23.2 Å². The van der Waals surface area contributed by atoms with Gasteiger partial charge in [0.2, 0.25) is 0 Å². The molecule has 0 fully saturated rings. The van der Waals surface area contributed by atoms with Crippen LogP contribution < -0.4 is 5.32 Å². The summed E-state index contributed by atoms with van der Waals surface area (Å²) in [5.41, 5.74) is 1.28. The first-order valence-electron chi connectivity index (χ1n) is 5.69. The molecule has 2 aromatic carbocycles. The molecule has 0 saturated carbocycles. The standard InChI is InChI=1S/C14H12Cl2FNO/c15-9-1-6-13(16)12(7-9)14(19)8-18-11-4-2-10(17)3-5-11/h1-7,14,18-19H,8H2. The molecule has 0 bridgehead atoms. The number of nitrogens with one attached hydrogen (secondary N) is 1. The van der Waals surface area contributed by atoms with Gasteiger partial charge in [-0.2, -0.15) is 0 Å². The van der Waals surface area contributed by atoms with Gasteiger partial charge in [-0.05, 0) is 42.5 Å². The van der Waals surface area contributed by atoms with Crippen LogP contribution in [-0.2, 0) is 0 Å². The molecule has 0 aliphatic carbocycles. The van der Waals surface area contributed by atoms with Gasteiger partial charge in [-0.15, -0.1) is 0 Å². The second kappa shape index (κ2) is 6.24. The Morgan fingerprint density at radius 2 is 1.79 bits per heavy atom. The van der Waals surface area contributed by atoms with Gasteiger partial charge in [-0.1, -0.05) is 23.2 Å². The van der Waals surface area contributed by atoms with Crippen molar-refractivity contribution in [2.24, 2.45) is 0 Å². The molecule has 2 nitrogen and oxygen atoms in total. The third-order valence-corrected chi connectivity index (χ3v) is 3.24. The van der Waals surface area contributed by atoms with Crippen LogP contribution in [0.2, 0.25) is 10.0 Å². The summed E-state index contributed by atoms with van der Waals surface area (Å²) in [6, 6.07) is 10.8. The van der Waals surface area contributed by atoms with Crippen LogP contribution in [0.15, 0.2) is 42.5 Å². The first-order valence-corrected chi connectivity index (χ1v) is 6.44. The smallest absolute Gasteiger partial charge is 0.123 e. The normalized spacial score (nSPS) is 12.2. The molecule has 2 aromatic rings. The maximum atomic E-state index is 12.7. The van der Waals surface area contributed by atoms with E-state index >= 15 is 0 Å². The summed E-state index contributed by atoms with van der Waals surface area (Å²) in [5.74, 6) is -0.302. The summed E-state index contributed by atoms with van der Waals surface area (Å²) in [4.78, 5) is 0. The van der Waals surface area contributed by atoms with Crippen LogP contribution in [0.1, 0.15) is 11.7 Å². The highest BCUT2D eigenvalue weighted by molar-refractivity contribution is 6.33. The molecule has 1 unspecified atom stereocenters. The van der Waals surface area contributed by atoms with E-state index in [1.165, 1.54) is 12.1 Å². The van der Waals surface area contributed by atoms with Gasteiger partial charge in [-0.3, -0.25) is 0 Å². The van der Waals surface area contributed by atoms with E-state index in [-0.39, 0.29) is 12.4 Å². The fourth-order valence-corrected chi connectivity index (χ4v) is 2.09. The third kappa shape index (κ3) is 3.83. The lowest BCUT2D eigenvalue weighted by Crippen LogP contribution is -2.12. The van der Waals surface area contributed by atoms with E-state index < -0.39 is 6.10 Å². The molecule has 5 heteroatoms. The van der Waals surface area contributed by atoms with E-state index in [4.69, 9.17) is 23.2 Å². The van der Waals surface area contributed by atoms with Crippen molar-refractivity contribution in [3.8, 4) is 0 Å². The Balaban J connectivity index is 2.03. The summed E-state index contributed by atoms with van der Waals surface area (Å²) in [7, 11) is 0. The minimum Gasteiger partial charge on any atom is -0.387 e. The number of benzene rings is 2. The van der Waals surface area contributed by atoms with Crippen LogP contribution in [0.25, 0.3) is 0 Å². The third-order valence-electron chi connectivity index (χ3n) is 2.66. The highest BCUT2D eigenvalue weighted by Gasteiger charge is 2.12. The van der Waals surface area contributed by atoms with Crippen LogP contribution in [-0.4, -0.2) is 11.7 Å². The number of anilines is 1. The second-order valence-corrected chi connectivity index (χ2v) is 4.91. The van der Waals surface area contributed by atoms with Crippen molar-refractivity contribution in [2.75, 3.05) is 11.9 Å². The van der Waals surface area contributed by atoms with Crippen molar-refractivity contribution < 1.29 is 9.50 Å². The highest BCUT2D eigenvalue weighted by Crippen LogP contribution is 2.26. The molecular weight excluding hydrogens is 288 g/mol. The molecule has 2 N–H and O–H groups in total. The average Bonchev–Trinajstić information content (AvgIpc) is 2.40. The lowest BCUT2D eigenvalue weighted by molar-refractivity contribution is 0.192. The maximum Gasteiger partial charge on any atom is 0.123 e. The Morgan fingerprint density at radius 3 is 2.47 bits per heavy atom. The summed E-state index contributed by atoms with van der Waals surface area (Å²) in [5, 5.41) is 14.0. The fourth-order valence-electron chi connectivity index (χ4n) is 1.66. The minimum atomic E-state index is -0.795. The summed E-state index contributed by atoms with van der Waals surface area (Å²) >= 11 is 11.9. The number of halogens is 3. The first-order chi connectivity index (χ1) is 9.06. The molecular formula is C14H12Cl2FNO. The van der Waals surface area contributed by atoms with E-state index in [0.29, 0.717) is 15.6 Å². The van der Waals surface area contributed by atoms with Crippen LogP contribution in [0.4, 0.5) is 10.1 Å². The summed E-state index contributed by atoms with van der Waals surface area (Å²) < 4.78 is 12.7. The van der Waals surface area contributed by atoms with E-state index in [2.05, 4.69) is 5.32 Å². The molecule has 100 valence electrons. The average molecular weight is 300 g/mol. The van der Waals surface area contributed by atoms with E-state index in [1.54, 1.807) is 30.3 Å². The van der Waals surface area contributed by atoms with Crippen molar-refractivity contribution in [3.05, 3.63) is 63.9 Å². The largest absolute Gasteiger partial charge is 0.387 e. The lowest BCUT2D eigenvalue weighted by Gasteiger charge is -2.15. The first kappa shape index (κ1) is 14.1. The van der Waals surface area contributed by atoms with E-state index in [9.17, 15) is 9.50 Å². The Labute approximate surface area is 120 Å². The van der Waals surface area contributed by atoms with Crippen molar-refractivity contribution in [1.82, 2.24) is 0 Å². The van der Waals surface area contributed by atoms with Gasteiger partial charge >= 0.3 is 0 Å². The number of aliphatic hydroxyl groups excluding tert-OH is 1. The zero-order valence-electron chi connectivity index (χ0n) is 9.91. The maximum absolute atomic E-state index is 12.7. The van der Waals surface area contributed by atoms with Crippen molar-refractivity contribution in [1.29, 1.82) is 0 Å². The van der Waals surface area contributed by atoms with Gasteiger partial charge in [0.1, 0.15) is 5.82 Å². The van der Waals surface area contributed by atoms with Gasteiger partial charge in [0, 0.05) is 27.8 Å². The van der Waals surface area contributed by atoms with E-state index in [1.807, 2.05) is 0 Å². The molecule has 1 atom stereocenters. The Morgan fingerprint density at radius 1 is 1.11 bits per heavy atom. The lowest BCUT2D eigenvalue weighted by atomic mass is 10.1. The van der Waals surface area contributed by atoms with Crippen LogP contribution in [0, 0.1) is 5.82 Å². The molecule has 0 spiro atoms. The molecule has 0 aliphatic heterocycles. The molecule has 0 radical (unpaired) electrons. The predicted molar refractivity (Wildman–Crippen MR) is 76.3 cm³/mol. The quantitative estimate of drug-likeness (QED) is 0.883. The van der Waals surface area contributed by atoms with Crippen LogP contribution in [0.3, 0.4) is 0 Å². The van der Waals surface area contributed by atoms with E-state index in [0.717, 1.165) is 5.69 Å². The molecule has 0 aliphatic rings. The zero-order chi connectivity index (χ0) is 13.8. The summed E-state index contributed by atoms with van der Waals surface area (Å²) in [6.07, 6.45) is -0.795. The topological polar surface area (TPSA) is 32.3 Å². The number of rotatable bonds is 4. The van der Waals surface area contributed by atoms with Crippen LogP contribution in [0.5, 0.6) is 0 Å². The highest BCUT2D eigenvalue weighted by atomic mass is 35.5. The molecule has 0 heterocycles. The van der Waals surface area contributed by atoms with Crippen molar-refractivity contribution in [2.45, 2.75) is 6.10 Å². The predicted octanol–water partition coefficient (Wildman–Crippen LogP) is 4.28. The SMILES string of the molecule is OC(CNc1ccc(F)cc1)c1cc(Cl)ccc1Cl. The number of hydrogen-bond acceptors (Lipinski definition) is 2. The van der Waals surface area contributed by atoms with Crippen molar-refractivity contribution in [3.63, 3.8) is 0 Å². The Kier molecular flexibility index (Phi) is 4.64. The molecule has 19 heavy (non-hydrogen) atoms. The molecule has 0 amide bonds. The minimum absolute atomic E-state index is 0.256. The van der Waals surface area contributed by atoms with Gasteiger partial charge in [0.25, 0.3) is 0 Å². The number of aliphatic hydroxyl groups is 1. The van der Waals surface area contributed by atoms with Crippen molar-refractivity contribution >= 4 is 28.9 Å². The Bertz CT molecular complexity index is 560. The second-order valence-electron chi connectivity index (χ2n) is 4.07. The summed E-state index contributed by atoms with van der Waals surface area (Å²) in [6.45, 7) is 0.256. The fraction of sp³-hybridized carbons (Fsp3) is 0.143. The van der Waals surface area contributed by atoms with Gasteiger partial charge < -0.3 is 10.4 Å². The van der Waals surface area contributed by atoms with Gasteiger partial charge in [0.15, 0.2) is 0 Å². The van der Waals surface area contributed by atoms with Gasteiger partial charge in [0.05, 0.1) is 6.10 Å². The number of hydrogen-bond donors (Lipinski definition) is 2.